The molecule has 5 nitrogen and oxygen atoms in total. The van der Waals surface area contributed by atoms with Gasteiger partial charge in [-0.25, -0.2) is 0 Å². The van der Waals surface area contributed by atoms with Gasteiger partial charge in [-0.2, -0.15) is 0 Å². The lowest BCUT2D eigenvalue weighted by Gasteiger charge is -2.33. The largest absolute Gasteiger partial charge is 0.354 e. The van der Waals surface area contributed by atoms with E-state index in [9.17, 15) is 4.79 Å². The van der Waals surface area contributed by atoms with Gasteiger partial charge in [0.1, 0.15) is 0 Å². The molecule has 2 bridgehead atoms. The number of H-pyrrole nitrogens is 1. The van der Waals surface area contributed by atoms with Crippen molar-refractivity contribution >= 4 is 27.6 Å². The molecule has 2 fully saturated rings. The molecular weight excluding hydrogens is 564 g/mol. The summed E-state index contributed by atoms with van der Waals surface area (Å²) in [7, 11) is 0. The van der Waals surface area contributed by atoms with Crippen LogP contribution in [0.2, 0.25) is 0 Å². The van der Waals surface area contributed by atoms with Gasteiger partial charge in [0.2, 0.25) is 5.91 Å². The average Bonchev–Trinajstić information content (AvgIpc) is 3.76. The van der Waals surface area contributed by atoms with E-state index in [4.69, 9.17) is 0 Å². The Morgan fingerprint density at radius 1 is 0.957 bits per heavy atom. The first kappa shape index (κ1) is 30.7. The van der Waals surface area contributed by atoms with Crippen LogP contribution in [0.15, 0.2) is 73.1 Å². The van der Waals surface area contributed by atoms with Crippen LogP contribution in [0.25, 0.3) is 32.9 Å². The van der Waals surface area contributed by atoms with Crippen molar-refractivity contribution in [1.29, 1.82) is 0 Å². The monoisotopic (exact) mass is 612 g/mol. The van der Waals surface area contributed by atoms with E-state index < -0.39 is 5.41 Å². The topological polar surface area (TPSA) is 61.0 Å². The molecule has 0 unspecified atom stereocenters. The van der Waals surface area contributed by atoms with Gasteiger partial charge in [-0.1, -0.05) is 54.4 Å². The van der Waals surface area contributed by atoms with E-state index in [2.05, 4.69) is 115 Å². The van der Waals surface area contributed by atoms with Gasteiger partial charge in [0, 0.05) is 47.3 Å². The molecule has 2 aliphatic rings. The number of hydrogen-bond donors (Lipinski definition) is 2. The molecule has 238 valence electrons. The highest BCUT2D eigenvalue weighted by Gasteiger charge is 2.47. The number of fused-ring (bicyclic) bond motifs is 4. The first-order chi connectivity index (χ1) is 22.2. The molecule has 1 atom stereocenters. The van der Waals surface area contributed by atoms with E-state index >= 15 is 0 Å². The number of aromatic amines is 1. The minimum Gasteiger partial charge on any atom is -0.354 e. The number of carbonyl (C=O) groups excluding carboxylic acids is 1. The van der Waals surface area contributed by atoms with E-state index in [0.717, 1.165) is 62.7 Å². The van der Waals surface area contributed by atoms with Crippen molar-refractivity contribution in [2.45, 2.75) is 96.6 Å². The van der Waals surface area contributed by atoms with Crippen molar-refractivity contribution in [1.82, 2.24) is 20.2 Å². The quantitative estimate of drug-likeness (QED) is 0.155. The number of aromatic nitrogens is 2. The number of nitrogens with zero attached hydrogens (tertiary/aromatic N) is 2. The van der Waals surface area contributed by atoms with E-state index in [1.807, 2.05) is 12.4 Å². The van der Waals surface area contributed by atoms with Crippen LogP contribution in [0.5, 0.6) is 0 Å². The number of nitrogens with one attached hydrogen (secondary N) is 2. The third-order valence-electron chi connectivity index (χ3n) is 10.8. The van der Waals surface area contributed by atoms with Crippen LogP contribution in [0.3, 0.4) is 0 Å². The molecule has 0 spiro atoms. The molecule has 46 heavy (non-hydrogen) atoms. The van der Waals surface area contributed by atoms with E-state index in [1.165, 1.54) is 49.7 Å². The highest BCUT2D eigenvalue weighted by molar-refractivity contribution is 5.95. The maximum Gasteiger partial charge on any atom is 0.233 e. The molecule has 2 saturated heterocycles. The zero-order valence-corrected chi connectivity index (χ0v) is 28.1. The summed E-state index contributed by atoms with van der Waals surface area (Å²) in [5, 5.41) is 7.52. The smallest absolute Gasteiger partial charge is 0.233 e. The standard InChI is InChI=1S/C41H48N4O/c1-26-19-27(2)21-31(20-26)39-38(28(3)23-42-18-8-10-30-25-43-24-29-9-6-7-11-35(29)30)36-22-32(12-17-37(36)44-39)41(4,5)40(46)45-33-13-14-34(45)16-15-33/h6-7,9,11-12,17,19-22,24-25,28,33-34,42,44H,8,10,13-16,18,23H2,1-5H3/t28-,33?,34?/m1/s1. The molecule has 1 amide bonds. The Bertz CT molecular complexity index is 1860. The van der Waals surface area contributed by atoms with Crippen LogP contribution >= 0.6 is 0 Å². The fourth-order valence-corrected chi connectivity index (χ4v) is 8.35. The summed E-state index contributed by atoms with van der Waals surface area (Å²) in [6, 6.07) is 22.9. The molecule has 2 aromatic heterocycles. The van der Waals surface area contributed by atoms with Gasteiger partial charge in [0.25, 0.3) is 0 Å². The molecule has 7 rings (SSSR count). The summed E-state index contributed by atoms with van der Waals surface area (Å²) < 4.78 is 0. The lowest BCUT2D eigenvalue weighted by Crippen LogP contribution is -2.45. The number of benzene rings is 3. The highest BCUT2D eigenvalue weighted by atomic mass is 16.2. The number of pyridine rings is 1. The summed E-state index contributed by atoms with van der Waals surface area (Å²) in [5.41, 5.74) is 9.25. The third kappa shape index (κ3) is 5.64. The van der Waals surface area contributed by atoms with Crippen molar-refractivity contribution < 1.29 is 4.79 Å². The second-order valence-electron chi connectivity index (χ2n) is 14.6. The second kappa shape index (κ2) is 12.3. The molecule has 2 N–H and O–H groups in total. The van der Waals surface area contributed by atoms with Crippen molar-refractivity contribution in [3.05, 3.63) is 101 Å². The van der Waals surface area contributed by atoms with Crippen LogP contribution in [-0.2, 0) is 16.6 Å². The fourth-order valence-electron chi connectivity index (χ4n) is 8.35. The number of amides is 1. The molecule has 0 saturated carbocycles. The lowest BCUT2D eigenvalue weighted by atomic mass is 9.81. The Hall–Kier alpha value is -3.96. The summed E-state index contributed by atoms with van der Waals surface area (Å²) in [6.45, 7) is 12.8. The van der Waals surface area contributed by atoms with Gasteiger partial charge in [-0.3, -0.25) is 9.78 Å². The number of hydrogen-bond acceptors (Lipinski definition) is 3. The Morgan fingerprint density at radius 3 is 2.41 bits per heavy atom. The molecule has 2 aliphatic heterocycles. The predicted molar refractivity (Wildman–Crippen MR) is 190 cm³/mol. The van der Waals surface area contributed by atoms with Crippen molar-refractivity contribution in [2.75, 3.05) is 13.1 Å². The minimum absolute atomic E-state index is 0.271. The predicted octanol–water partition coefficient (Wildman–Crippen LogP) is 8.76. The normalized spacial score (nSPS) is 18.6. The van der Waals surface area contributed by atoms with E-state index in [1.54, 1.807) is 0 Å². The lowest BCUT2D eigenvalue weighted by molar-refractivity contribution is -0.137. The van der Waals surface area contributed by atoms with Gasteiger partial charge in [-0.15, -0.1) is 0 Å². The first-order valence-corrected chi connectivity index (χ1v) is 17.3. The Labute approximate surface area is 273 Å². The van der Waals surface area contributed by atoms with Crippen molar-refractivity contribution in [3.8, 4) is 11.3 Å². The average molecular weight is 613 g/mol. The van der Waals surface area contributed by atoms with Crippen molar-refractivity contribution in [3.63, 3.8) is 0 Å². The maximum atomic E-state index is 14.1. The van der Waals surface area contributed by atoms with Gasteiger partial charge in [-0.05, 0) is 131 Å². The Balaban J connectivity index is 1.15. The molecule has 0 aliphatic carbocycles. The molecular formula is C41H48N4O. The summed E-state index contributed by atoms with van der Waals surface area (Å²) in [4.78, 5) is 24.6. The molecule has 3 aromatic carbocycles. The van der Waals surface area contributed by atoms with Crippen LogP contribution in [0.4, 0.5) is 0 Å². The second-order valence-corrected chi connectivity index (χ2v) is 14.6. The summed E-state index contributed by atoms with van der Waals surface area (Å²) in [5.74, 6) is 0.562. The number of rotatable bonds is 10. The van der Waals surface area contributed by atoms with Crippen LogP contribution in [0.1, 0.15) is 86.6 Å². The number of carbonyl (C=O) groups is 1. The summed E-state index contributed by atoms with van der Waals surface area (Å²) >= 11 is 0. The molecule has 4 heterocycles. The van der Waals surface area contributed by atoms with Gasteiger partial charge in [0.15, 0.2) is 0 Å². The van der Waals surface area contributed by atoms with Crippen molar-refractivity contribution in [2.24, 2.45) is 0 Å². The number of aryl methyl sites for hydroxylation is 3. The minimum atomic E-state index is -0.577. The fraction of sp³-hybridized carbons (Fsp3) is 0.415. The zero-order valence-electron chi connectivity index (χ0n) is 28.1. The van der Waals surface area contributed by atoms with Crippen LogP contribution in [-0.4, -0.2) is 45.9 Å². The summed E-state index contributed by atoms with van der Waals surface area (Å²) in [6.07, 6.45) is 10.7. The SMILES string of the molecule is Cc1cc(C)cc(-c2[nH]c3ccc(C(C)(C)C(=O)N4C5CCC4CC5)cc3c2[C@H](C)CNCCCc2cncc3ccccc23)c1. The van der Waals surface area contributed by atoms with Crippen LogP contribution < -0.4 is 5.32 Å². The third-order valence-corrected chi connectivity index (χ3v) is 10.8. The van der Waals surface area contributed by atoms with Gasteiger partial charge < -0.3 is 15.2 Å². The Morgan fingerprint density at radius 2 is 1.67 bits per heavy atom. The van der Waals surface area contributed by atoms with Gasteiger partial charge >= 0.3 is 0 Å². The molecule has 5 heteroatoms. The highest BCUT2D eigenvalue weighted by Crippen LogP contribution is 2.43. The maximum absolute atomic E-state index is 14.1. The zero-order chi connectivity index (χ0) is 32.0. The Kier molecular flexibility index (Phi) is 8.23. The first-order valence-electron chi connectivity index (χ1n) is 17.3. The van der Waals surface area contributed by atoms with Crippen LogP contribution in [0, 0.1) is 13.8 Å². The molecule has 5 aromatic rings. The van der Waals surface area contributed by atoms with E-state index in [0.29, 0.717) is 18.0 Å². The molecule has 0 radical (unpaired) electrons. The van der Waals surface area contributed by atoms with Gasteiger partial charge in [0.05, 0.1) is 11.1 Å². The van der Waals surface area contributed by atoms with E-state index in [-0.39, 0.29) is 5.92 Å².